The molecular formula is C24H41N3O16. The van der Waals surface area contributed by atoms with Crippen LogP contribution in [0.5, 0.6) is 0 Å². The molecule has 248 valence electrons. The van der Waals surface area contributed by atoms with Gasteiger partial charge < -0.3 is 80.5 Å². The third kappa shape index (κ3) is 8.14. The van der Waals surface area contributed by atoms with Gasteiger partial charge in [-0.1, -0.05) is 0 Å². The van der Waals surface area contributed by atoms with Crippen molar-refractivity contribution in [3.8, 4) is 0 Å². The van der Waals surface area contributed by atoms with Gasteiger partial charge in [-0.15, -0.1) is 0 Å². The maximum atomic E-state index is 12.1. The summed E-state index contributed by atoms with van der Waals surface area (Å²) in [5.74, 6) is -1.96. The van der Waals surface area contributed by atoms with E-state index in [2.05, 4.69) is 16.0 Å². The molecule has 3 amide bonds. The lowest BCUT2D eigenvalue weighted by atomic mass is 9.93. The van der Waals surface area contributed by atoms with Gasteiger partial charge in [0.15, 0.2) is 18.9 Å². The number of hydrogen-bond donors (Lipinski definition) is 11. The Morgan fingerprint density at radius 1 is 0.558 bits per heavy atom. The molecule has 15 atom stereocenters. The second-order valence-corrected chi connectivity index (χ2v) is 10.5. The van der Waals surface area contributed by atoms with E-state index in [0.29, 0.717) is 0 Å². The van der Waals surface area contributed by atoms with Crippen molar-refractivity contribution in [3.63, 3.8) is 0 Å². The molecule has 19 nitrogen and oxygen atoms in total. The van der Waals surface area contributed by atoms with Gasteiger partial charge in [-0.05, 0) is 0 Å². The first-order chi connectivity index (χ1) is 20.2. The second kappa shape index (κ2) is 15.3. The zero-order chi connectivity index (χ0) is 32.2. The van der Waals surface area contributed by atoms with Crippen molar-refractivity contribution in [1.82, 2.24) is 16.0 Å². The van der Waals surface area contributed by atoms with Crippen molar-refractivity contribution >= 4 is 17.7 Å². The van der Waals surface area contributed by atoms with Gasteiger partial charge in [-0.25, -0.2) is 0 Å². The van der Waals surface area contributed by atoms with Crippen molar-refractivity contribution < 1.29 is 78.9 Å². The molecule has 0 bridgehead atoms. The first-order valence-electron chi connectivity index (χ1n) is 13.5. The average molecular weight is 628 g/mol. The Balaban J connectivity index is 1.89. The molecule has 19 heteroatoms. The molecular weight excluding hydrogens is 586 g/mol. The molecule has 0 spiro atoms. The van der Waals surface area contributed by atoms with E-state index < -0.39 is 129 Å². The molecule has 43 heavy (non-hydrogen) atoms. The van der Waals surface area contributed by atoms with Crippen molar-refractivity contribution in [2.45, 2.75) is 113 Å². The largest absolute Gasteiger partial charge is 0.394 e. The summed E-state index contributed by atoms with van der Waals surface area (Å²) in [6, 6.07) is -4.31. The van der Waals surface area contributed by atoms with Crippen LogP contribution in [0, 0.1) is 0 Å². The molecule has 0 aliphatic carbocycles. The van der Waals surface area contributed by atoms with E-state index in [0.717, 1.165) is 20.8 Å². The van der Waals surface area contributed by atoms with Crippen LogP contribution in [0.3, 0.4) is 0 Å². The molecule has 0 unspecified atom stereocenters. The normalized spacial score (nSPS) is 43.5. The van der Waals surface area contributed by atoms with Gasteiger partial charge in [0.25, 0.3) is 0 Å². The van der Waals surface area contributed by atoms with E-state index >= 15 is 0 Å². The van der Waals surface area contributed by atoms with E-state index in [1.165, 1.54) is 0 Å². The zero-order valence-corrected chi connectivity index (χ0v) is 23.6. The van der Waals surface area contributed by atoms with Gasteiger partial charge in [0, 0.05) is 20.8 Å². The molecule has 0 aromatic heterocycles. The highest BCUT2D eigenvalue weighted by Gasteiger charge is 2.54. The summed E-state index contributed by atoms with van der Waals surface area (Å²) in [4.78, 5) is 35.5. The summed E-state index contributed by atoms with van der Waals surface area (Å²) < 4.78 is 28.3. The second-order valence-electron chi connectivity index (χ2n) is 10.5. The number of rotatable bonds is 10. The van der Waals surface area contributed by atoms with Crippen LogP contribution in [-0.4, -0.2) is 170 Å². The fourth-order valence-electron chi connectivity index (χ4n) is 5.28. The van der Waals surface area contributed by atoms with Crippen LogP contribution in [-0.2, 0) is 38.1 Å². The number of nitrogens with one attached hydrogen (secondary N) is 3. The van der Waals surface area contributed by atoms with Crippen molar-refractivity contribution in [2.75, 3.05) is 19.8 Å². The molecule has 3 heterocycles. The molecule has 0 saturated carbocycles. The summed E-state index contributed by atoms with van der Waals surface area (Å²) in [7, 11) is 0. The Bertz CT molecular complexity index is 962. The minimum absolute atomic E-state index is 0.628. The van der Waals surface area contributed by atoms with Crippen LogP contribution in [0.25, 0.3) is 0 Å². The first-order valence-corrected chi connectivity index (χ1v) is 13.5. The van der Waals surface area contributed by atoms with Crippen LogP contribution in [0.4, 0.5) is 0 Å². The number of carbonyl (C=O) groups excluding carboxylic acids is 3. The topological polar surface area (TPSA) is 295 Å². The highest BCUT2D eigenvalue weighted by atomic mass is 16.7. The summed E-state index contributed by atoms with van der Waals surface area (Å²) in [5.41, 5.74) is 0. The van der Waals surface area contributed by atoms with E-state index in [4.69, 9.17) is 23.7 Å². The zero-order valence-electron chi connectivity index (χ0n) is 23.6. The number of carbonyl (C=O) groups is 3. The molecule has 3 aliphatic rings. The first kappa shape index (κ1) is 35.4. The van der Waals surface area contributed by atoms with Gasteiger partial charge in [-0.3, -0.25) is 14.4 Å². The number of amides is 3. The Kier molecular flexibility index (Phi) is 12.5. The Hall–Kier alpha value is -2.11. The molecule has 3 aliphatic heterocycles. The molecule has 11 N–H and O–H groups in total. The monoisotopic (exact) mass is 627 g/mol. The van der Waals surface area contributed by atoms with Crippen molar-refractivity contribution in [1.29, 1.82) is 0 Å². The summed E-state index contributed by atoms with van der Waals surface area (Å²) in [6.45, 7) is 0.995. The van der Waals surface area contributed by atoms with Gasteiger partial charge in [0.05, 0.1) is 19.8 Å². The predicted octanol–water partition coefficient (Wildman–Crippen LogP) is -7.14. The van der Waals surface area contributed by atoms with E-state index in [9.17, 15) is 55.2 Å². The Morgan fingerprint density at radius 3 is 1.37 bits per heavy atom. The summed E-state index contributed by atoms with van der Waals surface area (Å²) in [5, 5.41) is 90.0. The minimum Gasteiger partial charge on any atom is -0.394 e. The smallest absolute Gasteiger partial charge is 0.217 e. The summed E-state index contributed by atoms with van der Waals surface area (Å²) >= 11 is 0. The van der Waals surface area contributed by atoms with Gasteiger partial charge in [0.1, 0.15) is 73.1 Å². The Labute approximate surface area is 245 Å². The number of aliphatic hydroxyl groups is 8. The number of hydrogen-bond acceptors (Lipinski definition) is 16. The van der Waals surface area contributed by atoms with E-state index in [-0.39, 0.29) is 0 Å². The van der Waals surface area contributed by atoms with Crippen LogP contribution < -0.4 is 16.0 Å². The molecule has 0 radical (unpaired) electrons. The van der Waals surface area contributed by atoms with Crippen LogP contribution >= 0.6 is 0 Å². The van der Waals surface area contributed by atoms with Gasteiger partial charge >= 0.3 is 0 Å². The van der Waals surface area contributed by atoms with Gasteiger partial charge in [-0.2, -0.15) is 0 Å². The molecule has 3 fully saturated rings. The summed E-state index contributed by atoms with van der Waals surface area (Å²) in [6.07, 6.45) is -19.0. The quantitative estimate of drug-likeness (QED) is 0.107. The molecule has 0 aromatic rings. The van der Waals surface area contributed by atoms with Crippen LogP contribution in [0.1, 0.15) is 20.8 Å². The fourth-order valence-corrected chi connectivity index (χ4v) is 5.28. The SMILES string of the molecule is CC(=O)N[C@@H]1[C@@H](O)[C@H](O[C@@H]2O[C@H](CO)[C@@H](O[C@@H]3O[C@H](CO)[C@H](O)[C@H](O)[C@H]3NC(C)=O)[C@H](O)[C@H]2NC(C)=O)[C@@H](CO)O[C@H]1O. The third-order valence-electron chi connectivity index (χ3n) is 7.30. The van der Waals surface area contributed by atoms with Crippen LogP contribution in [0.15, 0.2) is 0 Å². The lowest BCUT2D eigenvalue weighted by molar-refractivity contribution is -0.351. The third-order valence-corrected chi connectivity index (χ3v) is 7.30. The van der Waals surface area contributed by atoms with Gasteiger partial charge in [0.2, 0.25) is 17.7 Å². The lowest BCUT2D eigenvalue weighted by Gasteiger charge is -2.49. The fraction of sp³-hybridized carbons (Fsp3) is 0.875. The molecule has 0 aromatic carbocycles. The van der Waals surface area contributed by atoms with Crippen molar-refractivity contribution in [2.24, 2.45) is 0 Å². The van der Waals surface area contributed by atoms with Crippen molar-refractivity contribution in [3.05, 3.63) is 0 Å². The van der Waals surface area contributed by atoms with Crippen LogP contribution in [0.2, 0.25) is 0 Å². The lowest BCUT2D eigenvalue weighted by Crippen LogP contribution is -2.71. The maximum absolute atomic E-state index is 12.1. The number of aliphatic hydroxyl groups excluding tert-OH is 8. The number of ether oxygens (including phenoxy) is 5. The standard InChI is InChI=1S/C24H41N3O16/c1-7(31)25-13-18(36)20(11(5-29)39-22(13)38)42-24-15(27-9(3)33)19(37)21(12(6-30)41-24)43-23-14(26-8(2)32)17(35)16(34)10(4-28)40-23/h10-24,28-30,34-38H,4-6H2,1-3H3,(H,25,31)(H,26,32)(H,27,33)/t10-,11-,12-,13-,14-,15-,16+,17-,18-,19-,20-,21-,22-,23+,24+/m1/s1. The average Bonchev–Trinajstić information content (AvgIpc) is 2.94. The highest BCUT2D eigenvalue weighted by molar-refractivity contribution is 5.74. The Morgan fingerprint density at radius 2 is 0.930 bits per heavy atom. The molecule has 3 saturated heterocycles. The van der Waals surface area contributed by atoms with E-state index in [1.807, 2.05) is 0 Å². The molecule has 3 rings (SSSR count). The predicted molar refractivity (Wildman–Crippen MR) is 136 cm³/mol. The highest BCUT2D eigenvalue weighted by Crippen LogP contribution is 2.32. The van der Waals surface area contributed by atoms with E-state index in [1.54, 1.807) is 0 Å². The maximum Gasteiger partial charge on any atom is 0.217 e. The minimum atomic E-state index is -1.77.